The van der Waals surface area contributed by atoms with Gasteiger partial charge in [0.1, 0.15) is 24.2 Å². The number of pyridine rings is 1. The molecule has 0 unspecified atom stereocenters. The third kappa shape index (κ3) is 3.75. The third-order valence-electron chi connectivity index (χ3n) is 4.37. The number of H-pyrrole nitrogens is 1. The fourth-order valence-corrected chi connectivity index (χ4v) is 2.87. The van der Waals surface area contributed by atoms with Crippen LogP contribution in [0.2, 0.25) is 0 Å². The van der Waals surface area contributed by atoms with Crippen molar-refractivity contribution in [3.05, 3.63) is 73.7 Å². The molecule has 1 amide bonds. The van der Waals surface area contributed by atoms with Crippen LogP contribution in [0.3, 0.4) is 0 Å². The molecule has 10 heteroatoms. The number of nitrogens with one attached hydrogen (secondary N) is 2. The van der Waals surface area contributed by atoms with Gasteiger partial charge in [0, 0.05) is 6.20 Å². The zero-order valence-corrected chi connectivity index (χ0v) is 15.4. The topological polar surface area (TPSA) is 121 Å². The van der Waals surface area contributed by atoms with E-state index >= 15 is 0 Å². The van der Waals surface area contributed by atoms with Gasteiger partial charge in [-0.15, -0.1) is 0 Å². The van der Waals surface area contributed by atoms with Crippen LogP contribution in [0.1, 0.15) is 29.8 Å². The zero-order valence-electron chi connectivity index (χ0n) is 15.4. The lowest BCUT2D eigenvalue weighted by atomic mass is 10.1. The first kappa shape index (κ1) is 19.9. The fraction of sp³-hybridized carbons (Fsp3) is 0.211. The molecule has 0 spiro atoms. The van der Waals surface area contributed by atoms with Crippen LogP contribution in [0.5, 0.6) is 0 Å². The number of hydrogen-bond acceptors (Lipinski definition) is 5. The molecule has 0 saturated carbocycles. The molecule has 1 aromatic carbocycles. The average molecular weight is 399 g/mol. The van der Waals surface area contributed by atoms with E-state index in [0.29, 0.717) is 4.57 Å². The number of benzene rings is 1. The van der Waals surface area contributed by atoms with E-state index < -0.39 is 41.4 Å². The summed E-state index contributed by atoms with van der Waals surface area (Å²) >= 11 is 0. The molecule has 2 N–H and O–H groups in total. The van der Waals surface area contributed by atoms with Crippen molar-refractivity contribution >= 4 is 16.8 Å². The molecule has 0 radical (unpaired) electrons. The molecule has 8 nitrogen and oxygen atoms in total. The molecule has 3 rings (SSSR count). The van der Waals surface area contributed by atoms with E-state index in [-0.39, 0.29) is 27.7 Å². The lowest BCUT2D eigenvalue weighted by Gasteiger charge is -2.15. The second-order valence-corrected chi connectivity index (χ2v) is 6.43. The number of nitriles is 1. The highest BCUT2D eigenvalue weighted by molar-refractivity contribution is 5.80. The molecule has 0 aliphatic rings. The Bertz CT molecular complexity index is 1290. The Balaban J connectivity index is 1.89. The lowest BCUT2D eigenvalue weighted by Crippen LogP contribution is -2.41. The van der Waals surface area contributed by atoms with Crippen molar-refractivity contribution in [1.82, 2.24) is 19.9 Å². The van der Waals surface area contributed by atoms with Gasteiger partial charge in [-0.1, -0.05) is 6.07 Å². The predicted octanol–water partition coefficient (Wildman–Crippen LogP) is 1.42. The molecular formula is C19H15F2N5O3. The Morgan fingerprint density at radius 3 is 2.76 bits per heavy atom. The number of carbonyl (C=O) groups excluding carboxylic acids is 1. The molecule has 0 aliphatic carbocycles. The first-order valence-electron chi connectivity index (χ1n) is 8.49. The van der Waals surface area contributed by atoms with Gasteiger partial charge in [-0.3, -0.25) is 19.1 Å². The minimum absolute atomic E-state index is 0.0244. The van der Waals surface area contributed by atoms with Gasteiger partial charge in [0.15, 0.2) is 0 Å². The van der Waals surface area contributed by atoms with E-state index in [1.54, 1.807) is 6.07 Å². The number of aromatic nitrogens is 3. The van der Waals surface area contributed by atoms with Crippen molar-refractivity contribution in [2.45, 2.75) is 26.4 Å². The van der Waals surface area contributed by atoms with Crippen molar-refractivity contribution in [2.75, 3.05) is 0 Å². The number of amides is 1. The average Bonchev–Trinajstić information content (AvgIpc) is 2.67. The highest BCUT2D eigenvalue weighted by Gasteiger charge is 2.19. The summed E-state index contributed by atoms with van der Waals surface area (Å²) in [5.41, 5.74) is -1.67. The van der Waals surface area contributed by atoms with Gasteiger partial charge in [-0.05, 0) is 31.5 Å². The smallest absolute Gasteiger partial charge is 0.329 e. The molecular weight excluding hydrogens is 384 g/mol. The number of rotatable bonds is 4. The van der Waals surface area contributed by atoms with Gasteiger partial charge < -0.3 is 10.3 Å². The number of fused-ring (bicyclic) bond motifs is 1. The Morgan fingerprint density at radius 1 is 1.38 bits per heavy atom. The standard InChI is InChI=1S/C19H15F2N5O3/c1-9-3-4-13-15(16(9)21)18(28)26(19(29)25-13)8-14(27)24-10(2)17-12(20)5-11(6-22)7-23-17/h3-5,7,10H,8H2,1-2H3,(H,24,27)(H,25,29)/t10-/m0/s1. The monoisotopic (exact) mass is 399 g/mol. The molecule has 2 aromatic heterocycles. The molecule has 2 heterocycles. The number of aromatic amines is 1. The minimum atomic E-state index is -0.949. The van der Waals surface area contributed by atoms with Gasteiger partial charge in [-0.2, -0.15) is 5.26 Å². The maximum atomic E-state index is 14.3. The first-order valence-corrected chi connectivity index (χ1v) is 8.49. The van der Waals surface area contributed by atoms with Gasteiger partial charge in [0.2, 0.25) is 5.91 Å². The first-order chi connectivity index (χ1) is 13.7. The number of aryl methyl sites for hydroxylation is 1. The quantitative estimate of drug-likeness (QED) is 0.687. The van der Waals surface area contributed by atoms with E-state index in [2.05, 4.69) is 15.3 Å². The van der Waals surface area contributed by atoms with E-state index in [1.807, 2.05) is 0 Å². The van der Waals surface area contributed by atoms with Crippen LogP contribution >= 0.6 is 0 Å². The largest absolute Gasteiger partial charge is 0.346 e. The van der Waals surface area contributed by atoms with E-state index in [0.717, 1.165) is 12.3 Å². The van der Waals surface area contributed by atoms with Crippen molar-refractivity contribution < 1.29 is 13.6 Å². The summed E-state index contributed by atoms with van der Waals surface area (Å²) in [4.78, 5) is 43.2. The number of nitrogens with zero attached hydrogens (tertiary/aromatic N) is 3. The molecule has 148 valence electrons. The second-order valence-electron chi connectivity index (χ2n) is 6.43. The molecule has 0 fully saturated rings. The van der Waals surface area contributed by atoms with Crippen LogP contribution in [0.4, 0.5) is 8.78 Å². The van der Waals surface area contributed by atoms with E-state index in [1.165, 1.54) is 26.0 Å². The fourth-order valence-electron chi connectivity index (χ4n) is 2.87. The van der Waals surface area contributed by atoms with Crippen molar-refractivity contribution in [3.8, 4) is 6.07 Å². The molecule has 1 atom stereocenters. The SMILES string of the molecule is Cc1ccc2[nH]c(=O)n(CC(=O)N[C@@H](C)c3ncc(C#N)cc3F)c(=O)c2c1F. The Morgan fingerprint density at radius 2 is 2.10 bits per heavy atom. The summed E-state index contributed by atoms with van der Waals surface area (Å²) < 4.78 is 28.9. The Labute approximate surface area is 162 Å². The normalized spacial score (nSPS) is 11.8. The molecule has 3 aromatic rings. The van der Waals surface area contributed by atoms with Gasteiger partial charge >= 0.3 is 5.69 Å². The summed E-state index contributed by atoms with van der Waals surface area (Å²) in [5.74, 6) is -2.34. The van der Waals surface area contributed by atoms with E-state index in [4.69, 9.17) is 5.26 Å². The summed E-state index contributed by atoms with van der Waals surface area (Å²) in [7, 11) is 0. The van der Waals surface area contributed by atoms with Crippen LogP contribution in [0.15, 0.2) is 34.0 Å². The van der Waals surface area contributed by atoms with Crippen molar-refractivity contribution in [1.29, 1.82) is 5.26 Å². The van der Waals surface area contributed by atoms with Crippen LogP contribution in [-0.2, 0) is 11.3 Å². The van der Waals surface area contributed by atoms with Crippen molar-refractivity contribution in [2.24, 2.45) is 0 Å². The molecule has 0 aliphatic heterocycles. The van der Waals surface area contributed by atoms with Crippen LogP contribution in [0.25, 0.3) is 10.9 Å². The summed E-state index contributed by atoms with van der Waals surface area (Å²) in [6.07, 6.45) is 1.16. The number of hydrogen-bond donors (Lipinski definition) is 2. The van der Waals surface area contributed by atoms with Gasteiger partial charge in [0.05, 0.1) is 28.2 Å². The van der Waals surface area contributed by atoms with Crippen LogP contribution in [-0.4, -0.2) is 20.4 Å². The van der Waals surface area contributed by atoms with E-state index in [9.17, 15) is 23.2 Å². The third-order valence-corrected chi connectivity index (χ3v) is 4.37. The summed E-state index contributed by atoms with van der Waals surface area (Å²) in [6.45, 7) is 2.22. The Kier molecular flexibility index (Phi) is 5.23. The minimum Gasteiger partial charge on any atom is -0.346 e. The maximum Gasteiger partial charge on any atom is 0.329 e. The van der Waals surface area contributed by atoms with Gasteiger partial charge in [-0.25, -0.2) is 13.6 Å². The highest BCUT2D eigenvalue weighted by Crippen LogP contribution is 2.16. The molecule has 0 bridgehead atoms. The van der Waals surface area contributed by atoms with Crippen LogP contribution in [0, 0.1) is 29.9 Å². The number of halogens is 2. The van der Waals surface area contributed by atoms with Crippen LogP contribution < -0.4 is 16.6 Å². The van der Waals surface area contributed by atoms with Gasteiger partial charge in [0.25, 0.3) is 5.56 Å². The summed E-state index contributed by atoms with van der Waals surface area (Å²) in [6, 6.07) is 4.65. The highest BCUT2D eigenvalue weighted by atomic mass is 19.1. The maximum absolute atomic E-state index is 14.3. The summed E-state index contributed by atoms with van der Waals surface area (Å²) in [5, 5.41) is 10.8. The molecule has 29 heavy (non-hydrogen) atoms. The second kappa shape index (κ2) is 7.63. The lowest BCUT2D eigenvalue weighted by molar-refractivity contribution is -0.122. The predicted molar refractivity (Wildman–Crippen MR) is 99.0 cm³/mol. The Hall–Kier alpha value is -3.87. The van der Waals surface area contributed by atoms with Crippen molar-refractivity contribution in [3.63, 3.8) is 0 Å². The molecule has 0 saturated heterocycles. The zero-order chi connectivity index (χ0) is 21.3. The number of carbonyl (C=O) groups is 1.